The molecule has 0 bridgehead atoms. The summed E-state index contributed by atoms with van der Waals surface area (Å²) in [6, 6.07) is 0. The van der Waals surface area contributed by atoms with Gasteiger partial charge in [0.1, 0.15) is 0 Å². The highest BCUT2D eigenvalue weighted by atomic mass is 16.1. The number of carbonyl (C=O) groups excluding carboxylic acids is 1. The second-order valence-corrected chi connectivity index (χ2v) is 3.11. The average molecular weight is 166 g/mol. The lowest BCUT2D eigenvalue weighted by Gasteiger charge is -1.97. The second-order valence-electron chi connectivity index (χ2n) is 3.11. The monoisotopic (exact) mass is 166 g/mol. The highest BCUT2D eigenvalue weighted by molar-refractivity contribution is 6.05. The van der Waals surface area contributed by atoms with E-state index < -0.39 is 0 Å². The molecule has 0 radical (unpaired) electrons. The predicted octanol–water partition coefficient (Wildman–Crippen LogP) is 0.899. The fraction of sp³-hybridized carbons (Fsp3) is 0.556. The largest absolute Gasteiger partial charge is 0.366 e. The fourth-order valence-corrected chi connectivity index (χ4v) is 1.04. The smallest absolute Gasteiger partial charge is 0.244 e. The maximum Gasteiger partial charge on any atom is 0.244 e. The van der Waals surface area contributed by atoms with Crippen LogP contribution in [0, 0.1) is 5.92 Å². The van der Waals surface area contributed by atoms with Crippen LogP contribution >= 0.6 is 0 Å². The minimum Gasteiger partial charge on any atom is -0.366 e. The van der Waals surface area contributed by atoms with Crippen LogP contribution in [0.2, 0.25) is 0 Å². The van der Waals surface area contributed by atoms with Crippen LogP contribution in [-0.2, 0) is 4.79 Å². The first kappa shape index (κ1) is 8.97. The van der Waals surface area contributed by atoms with Crippen LogP contribution < -0.4 is 5.73 Å². The summed E-state index contributed by atoms with van der Waals surface area (Å²) in [5.74, 6) is 0.209. The summed E-state index contributed by atoms with van der Waals surface area (Å²) in [7, 11) is 1.75. The van der Waals surface area contributed by atoms with Gasteiger partial charge >= 0.3 is 0 Å². The first-order valence-electron chi connectivity index (χ1n) is 4.10. The Kier molecular flexibility index (Phi) is 2.63. The molecule has 1 rings (SSSR count). The molecule has 0 spiro atoms. The molecule has 2 N–H and O–H groups in total. The molecule has 0 heterocycles. The van der Waals surface area contributed by atoms with E-state index in [2.05, 4.69) is 4.99 Å². The third-order valence-corrected chi connectivity index (χ3v) is 2.01. The van der Waals surface area contributed by atoms with Crippen molar-refractivity contribution in [1.82, 2.24) is 0 Å². The van der Waals surface area contributed by atoms with Crippen LogP contribution in [0.4, 0.5) is 0 Å². The van der Waals surface area contributed by atoms with Crippen LogP contribution in [0.1, 0.15) is 19.8 Å². The van der Waals surface area contributed by atoms with E-state index in [-0.39, 0.29) is 5.91 Å². The third-order valence-electron chi connectivity index (χ3n) is 2.01. The van der Waals surface area contributed by atoms with Gasteiger partial charge in [0.15, 0.2) is 0 Å². The van der Waals surface area contributed by atoms with Crippen molar-refractivity contribution in [3.8, 4) is 0 Å². The highest BCUT2D eigenvalue weighted by Gasteiger charge is 2.25. The molecule has 0 aliphatic heterocycles. The average Bonchev–Trinajstić information content (AvgIpc) is 2.82. The van der Waals surface area contributed by atoms with Crippen molar-refractivity contribution in [1.29, 1.82) is 0 Å². The normalized spacial score (nSPS) is 19.5. The SMILES string of the molecule is C/N=C(\C=C(/C)C(N)=O)C1CC1. The summed E-state index contributed by atoms with van der Waals surface area (Å²) in [4.78, 5) is 14.8. The summed E-state index contributed by atoms with van der Waals surface area (Å²) in [5, 5.41) is 0. The minimum absolute atomic E-state index is 0.364. The maximum atomic E-state index is 10.7. The zero-order valence-electron chi connectivity index (χ0n) is 7.50. The molecule has 3 heteroatoms. The van der Waals surface area contributed by atoms with E-state index in [4.69, 9.17) is 5.73 Å². The van der Waals surface area contributed by atoms with E-state index in [1.54, 1.807) is 20.0 Å². The van der Waals surface area contributed by atoms with Crippen LogP contribution in [0.15, 0.2) is 16.6 Å². The summed E-state index contributed by atoms with van der Waals surface area (Å²) < 4.78 is 0. The molecule has 0 aromatic rings. The molecule has 0 unspecified atom stereocenters. The van der Waals surface area contributed by atoms with E-state index in [9.17, 15) is 4.79 Å². The number of amides is 1. The van der Waals surface area contributed by atoms with Gasteiger partial charge in [-0.2, -0.15) is 0 Å². The molecule has 1 aliphatic rings. The third kappa shape index (κ3) is 2.19. The number of nitrogens with two attached hydrogens (primary N) is 1. The summed E-state index contributed by atoms with van der Waals surface area (Å²) in [6.07, 6.45) is 4.17. The molecule has 0 aromatic carbocycles. The molecule has 1 fully saturated rings. The molecular weight excluding hydrogens is 152 g/mol. The lowest BCUT2D eigenvalue weighted by Crippen LogP contribution is -2.13. The van der Waals surface area contributed by atoms with Gasteiger partial charge in [0, 0.05) is 24.3 Å². The summed E-state index contributed by atoms with van der Waals surface area (Å²) >= 11 is 0. The zero-order valence-corrected chi connectivity index (χ0v) is 7.50. The molecule has 0 aromatic heterocycles. The highest BCUT2D eigenvalue weighted by Crippen LogP contribution is 2.31. The number of aliphatic imine (C=N–C) groups is 1. The van der Waals surface area contributed by atoms with Gasteiger partial charge in [-0.1, -0.05) is 0 Å². The number of rotatable bonds is 3. The van der Waals surface area contributed by atoms with Crippen molar-refractivity contribution in [2.45, 2.75) is 19.8 Å². The van der Waals surface area contributed by atoms with Crippen molar-refractivity contribution in [3.05, 3.63) is 11.6 Å². The van der Waals surface area contributed by atoms with Crippen molar-refractivity contribution in [2.24, 2.45) is 16.6 Å². The Labute approximate surface area is 72.4 Å². The zero-order chi connectivity index (χ0) is 9.14. The molecule has 1 aliphatic carbocycles. The topological polar surface area (TPSA) is 55.4 Å². The standard InChI is InChI=1S/C9H14N2O/c1-6(9(10)12)5-8(11-2)7-3-4-7/h5,7H,3-4H2,1-2H3,(H2,10,12)/b6-5+,11-8+. The minimum atomic E-state index is -0.364. The van der Waals surface area contributed by atoms with E-state index >= 15 is 0 Å². The summed E-state index contributed by atoms with van der Waals surface area (Å²) in [5.41, 5.74) is 6.69. The van der Waals surface area contributed by atoms with Gasteiger partial charge in [-0.25, -0.2) is 0 Å². The van der Waals surface area contributed by atoms with Crippen molar-refractivity contribution >= 4 is 11.6 Å². The quantitative estimate of drug-likeness (QED) is 0.491. The molecule has 1 saturated carbocycles. The van der Waals surface area contributed by atoms with E-state index in [1.807, 2.05) is 0 Å². The number of primary amides is 1. The Bertz CT molecular complexity index is 249. The molecule has 1 amide bonds. The van der Waals surface area contributed by atoms with Crippen LogP contribution in [0.3, 0.4) is 0 Å². The van der Waals surface area contributed by atoms with E-state index in [1.165, 1.54) is 12.8 Å². The molecular formula is C9H14N2O. The van der Waals surface area contributed by atoms with Crippen molar-refractivity contribution < 1.29 is 4.79 Å². The first-order chi connectivity index (χ1) is 5.65. The number of carbonyl (C=O) groups is 1. The summed E-state index contributed by atoms with van der Waals surface area (Å²) in [6.45, 7) is 1.72. The molecule has 0 saturated heterocycles. The van der Waals surface area contributed by atoms with Gasteiger partial charge < -0.3 is 5.73 Å². The van der Waals surface area contributed by atoms with Gasteiger partial charge in [-0.05, 0) is 25.8 Å². The van der Waals surface area contributed by atoms with Gasteiger partial charge in [0.2, 0.25) is 5.91 Å². The lowest BCUT2D eigenvalue weighted by atomic mass is 10.1. The molecule has 66 valence electrons. The van der Waals surface area contributed by atoms with Gasteiger partial charge in [0.05, 0.1) is 0 Å². The van der Waals surface area contributed by atoms with Crippen LogP contribution in [0.5, 0.6) is 0 Å². The Balaban J connectivity index is 2.68. The van der Waals surface area contributed by atoms with Gasteiger partial charge in [0.25, 0.3) is 0 Å². The Hall–Kier alpha value is -1.12. The molecule has 12 heavy (non-hydrogen) atoms. The van der Waals surface area contributed by atoms with E-state index in [0.29, 0.717) is 11.5 Å². The van der Waals surface area contributed by atoms with Crippen LogP contribution in [0.25, 0.3) is 0 Å². The van der Waals surface area contributed by atoms with Gasteiger partial charge in [-0.15, -0.1) is 0 Å². The number of allylic oxidation sites excluding steroid dienone is 1. The lowest BCUT2D eigenvalue weighted by molar-refractivity contribution is -0.114. The predicted molar refractivity (Wildman–Crippen MR) is 49.0 cm³/mol. The number of hydrogen-bond donors (Lipinski definition) is 1. The molecule has 0 atom stereocenters. The number of hydrogen-bond acceptors (Lipinski definition) is 2. The van der Waals surface area contributed by atoms with Crippen molar-refractivity contribution in [3.63, 3.8) is 0 Å². The van der Waals surface area contributed by atoms with Crippen molar-refractivity contribution in [2.75, 3.05) is 7.05 Å². The Morgan fingerprint density at radius 1 is 1.58 bits per heavy atom. The maximum absolute atomic E-state index is 10.7. The Morgan fingerprint density at radius 3 is 2.50 bits per heavy atom. The second kappa shape index (κ2) is 3.52. The van der Waals surface area contributed by atoms with E-state index in [0.717, 1.165) is 5.71 Å². The molecule has 3 nitrogen and oxygen atoms in total. The number of nitrogens with zero attached hydrogens (tertiary/aromatic N) is 1. The van der Waals surface area contributed by atoms with Crippen LogP contribution in [-0.4, -0.2) is 18.7 Å². The fourth-order valence-electron chi connectivity index (χ4n) is 1.04. The first-order valence-corrected chi connectivity index (χ1v) is 4.10. The van der Waals surface area contributed by atoms with Gasteiger partial charge in [-0.3, -0.25) is 9.79 Å². The Morgan fingerprint density at radius 2 is 2.17 bits per heavy atom.